The molecule has 0 bridgehead atoms. The Bertz CT molecular complexity index is 2700. The molecule has 0 spiro atoms. The molecule has 0 nitrogen and oxygen atoms in total. The molecule has 220 valence electrons. The number of rotatable bonds is 2. The van der Waals surface area contributed by atoms with Gasteiger partial charge in [-0.1, -0.05) is 147 Å². The smallest absolute Gasteiger partial charge is 0.0159 e. The lowest BCUT2D eigenvalue weighted by atomic mass is 9.81. The predicted molar refractivity (Wildman–Crippen MR) is 202 cm³/mol. The van der Waals surface area contributed by atoms with Gasteiger partial charge in [-0.15, -0.1) is 0 Å². The number of benzene rings is 9. The van der Waals surface area contributed by atoms with Crippen LogP contribution in [0.25, 0.3) is 87.2 Å². The summed E-state index contributed by atoms with van der Waals surface area (Å²) in [6.45, 7) is 4.75. The van der Waals surface area contributed by atoms with Gasteiger partial charge >= 0.3 is 0 Å². The maximum absolute atomic E-state index is 2.46. The Morgan fingerprint density at radius 2 is 0.787 bits per heavy atom. The quantitative estimate of drug-likeness (QED) is 0.138. The Hall–Kier alpha value is -5.72. The fourth-order valence-electron chi connectivity index (χ4n) is 8.51. The van der Waals surface area contributed by atoms with Crippen molar-refractivity contribution in [3.63, 3.8) is 0 Å². The van der Waals surface area contributed by atoms with Gasteiger partial charge in [0.1, 0.15) is 0 Å². The molecule has 0 atom stereocenters. The molecule has 10 rings (SSSR count). The first-order chi connectivity index (χ1) is 23.1. The minimum Gasteiger partial charge on any atom is -0.0616 e. The van der Waals surface area contributed by atoms with E-state index in [0.717, 1.165) is 0 Å². The Balaban J connectivity index is 1.24. The second-order valence-corrected chi connectivity index (χ2v) is 13.7. The van der Waals surface area contributed by atoms with Gasteiger partial charge in [0.2, 0.25) is 0 Å². The third-order valence-corrected chi connectivity index (χ3v) is 10.8. The van der Waals surface area contributed by atoms with E-state index in [1.807, 2.05) is 0 Å². The summed E-state index contributed by atoms with van der Waals surface area (Å²) in [5.41, 5.74) is 10.6. The average Bonchev–Trinajstić information content (AvgIpc) is 3.33. The molecule has 0 unspecified atom stereocenters. The van der Waals surface area contributed by atoms with Crippen molar-refractivity contribution in [2.24, 2.45) is 0 Å². The third kappa shape index (κ3) is 3.76. The molecular weight excluding hydrogens is 565 g/mol. The van der Waals surface area contributed by atoms with E-state index in [4.69, 9.17) is 0 Å². The fraction of sp³-hybridized carbons (Fsp3) is 0.0638. The molecule has 9 aromatic rings. The summed E-state index contributed by atoms with van der Waals surface area (Å²) in [6, 6.07) is 59.0. The first-order valence-electron chi connectivity index (χ1n) is 16.6. The SMILES string of the molecule is CC1(C)c2ccc(-c3c4ccccc4c(-c4ccc5c(ccc6ccccc65)c4)c4ccccc34)cc2-c2cc3ccccc3cc21. The highest BCUT2D eigenvalue weighted by Crippen LogP contribution is 2.52. The first-order valence-corrected chi connectivity index (χ1v) is 16.6. The second kappa shape index (κ2) is 9.64. The standard InChI is InChI=1S/C47H32/c1-47(2)43-24-22-34(27-41(43)42-26-30-12-3-4-13-31(30)28-44(42)47)46-39-17-9-7-15-37(39)45(38-16-8-10-18-40(38)46)33-21-23-36-32(25-33)20-19-29-11-5-6-14-35(29)36/h3-28H,1-2H3. The van der Waals surface area contributed by atoms with Crippen LogP contribution in [0.1, 0.15) is 25.0 Å². The third-order valence-electron chi connectivity index (χ3n) is 10.8. The minimum absolute atomic E-state index is 0.0529. The van der Waals surface area contributed by atoms with Gasteiger partial charge in [-0.2, -0.15) is 0 Å². The summed E-state index contributed by atoms with van der Waals surface area (Å²) < 4.78 is 0. The zero-order valence-electron chi connectivity index (χ0n) is 26.5. The van der Waals surface area contributed by atoms with Crippen LogP contribution < -0.4 is 0 Å². The summed E-state index contributed by atoms with van der Waals surface area (Å²) in [6.07, 6.45) is 0. The van der Waals surface area contributed by atoms with Gasteiger partial charge in [0, 0.05) is 5.41 Å². The Morgan fingerprint density at radius 3 is 1.45 bits per heavy atom. The van der Waals surface area contributed by atoms with Gasteiger partial charge in [0.25, 0.3) is 0 Å². The monoisotopic (exact) mass is 596 g/mol. The van der Waals surface area contributed by atoms with Crippen LogP contribution in [-0.4, -0.2) is 0 Å². The molecule has 9 aromatic carbocycles. The predicted octanol–water partition coefficient (Wildman–Crippen LogP) is 13.1. The Morgan fingerprint density at radius 1 is 0.319 bits per heavy atom. The normalized spacial score (nSPS) is 13.5. The van der Waals surface area contributed by atoms with Crippen LogP contribution in [0.4, 0.5) is 0 Å². The average molecular weight is 597 g/mol. The van der Waals surface area contributed by atoms with Gasteiger partial charge in [-0.05, 0) is 123 Å². The lowest BCUT2D eigenvalue weighted by Gasteiger charge is -2.22. The molecule has 47 heavy (non-hydrogen) atoms. The molecule has 0 aromatic heterocycles. The van der Waals surface area contributed by atoms with E-state index in [1.54, 1.807) is 0 Å². The van der Waals surface area contributed by atoms with Crippen molar-refractivity contribution in [3.8, 4) is 33.4 Å². The van der Waals surface area contributed by atoms with E-state index in [2.05, 4.69) is 172 Å². The lowest BCUT2D eigenvalue weighted by molar-refractivity contribution is 0.661. The molecule has 0 N–H and O–H groups in total. The maximum Gasteiger partial charge on any atom is 0.0159 e. The lowest BCUT2D eigenvalue weighted by Crippen LogP contribution is -2.14. The molecule has 0 saturated heterocycles. The molecule has 0 saturated carbocycles. The van der Waals surface area contributed by atoms with Crippen LogP contribution in [0, 0.1) is 0 Å². The van der Waals surface area contributed by atoms with Crippen LogP contribution >= 0.6 is 0 Å². The number of hydrogen-bond donors (Lipinski definition) is 0. The molecule has 0 radical (unpaired) electrons. The first kappa shape index (κ1) is 26.5. The van der Waals surface area contributed by atoms with E-state index < -0.39 is 0 Å². The van der Waals surface area contributed by atoms with Crippen LogP contribution in [0.5, 0.6) is 0 Å². The summed E-state index contributed by atoms with van der Waals surface area (Å²) in [5, 5.41) is 12.9. The van der Waals surface area contributed by atoms with E-state index >= 15 is 0 Å². The van der Waals surface area contributed by atoms with Crippen molar-refractivity contribution < 1.29 is 0 Å². The van der Waals surface area contributed by atoms with Gasteiger partial charge in [-0.3, -0.25) is 0 Å². The van der Waals surface area contributed by atoms with Crippen LogP contribution in [0.15, 0.2) is 158 Å². The molecule has 0 aliphatic heterocycles. The molecule has 0 heteroatoms. The fourth-order valence-corrected chi connectivity index (χ4v) is 8.51. The summed E-state index contributed by atoms with van der Waals surface area (Å²) in [7, 11) is 0. The van der Waals surface area contributed by atoms with Gasteiger partial charge in [0.05, 0.1) is 0 Å². The van der Waals surface area contributed by atoms with E-state index in [9.17, 15) is 0 Å². The maximum atomic E-state index is 2.46. The van der Waals surface area contributed by atoms with Crippen molar-refractivity contribution in [2.45, 2.75) is 19.3 Å². The van der Waals surface area contributed by atoms with E-state index in [-0.39, 0.29) is 5.41 Å². The van der Waals surface area contributed by atoms with Gasteiger partial charge in [0.15, 0.2) is 0 Å². The Kier molecular flexibility index (Phi) is 5.44. The highest BCUT2D eigenvalue weighted by molar-refractivity contribution is 6.22. The van der Waals surface area contributed by atoms with Crippen LogP contribution in [-0.2, 0) is 5.41 Å². The van der Waals surface area contributed by atoms with Gasteiger partial charge in [-0.25, -0.2) is 0 Å². The molecule has 0 heterocycles. The van der Waals surface area contributed by atoms with Crippen molar-refractivity contribution in [2.75, 3.05) is 0 Å². The highest BCUT2D eigenvalue weighted by atomic mass is 14.4. The zero-order valence-corrected chi connectivity index (χ0v) is 26.5. The Labute approximate surface area is 274 Å². The van der Waals surface area contributed by atoms with Crippen molar-refractivity contribution in [1.82, 2.24) is 0 Å². The second-order valence-electron chi connectivity index (χ2n) is 13.7. The molecule has 1 aliphatic rings. The molecule has 0 amide bonds. The summed E-state index contributed by atoms with van der Waals surface area (Å²) in [5.74, 6) is 0. The van der Waals surface area contributed by atoms with Crippen molar-refractivity contribution in [3.05, 3.63) is 169 Å². The summed E-state index contributed by atoms with van der Waals surface area (Å²) >= 11 is 0. The number of hydrogen-bond acceptors (Lipinski definition) is 0. The minimum atomic E-state index is -0.0529. The van der Waals surface area contributed by atoms with Gasteiger partial charge < -0.3 is 0 Å². The number of fused-ring (bicyclic) bond motifs is 9. The molecule has 1 aliphatic carbocycles. The van der Waals surface area contributed by atoms with Crippen LogP contribution in [0.2, 0.25) is 0 Å². The van der Waals surface area contributed by atoms with E-state index in [0.29, 0.717) is 0 Å². The van der Waals surface area contributed by atoms with E-state index in [1.165, 1.54) is 98.4 Å². The topological polar surface area (TPSA) is 0 Å². The molecule has 0 fully saturated rings. The van der Waals surface area contributed by atoms with Crippen molar-refractivity contribution in [1.29, 1.82) is 0 Å². The summed E-state index contributed by atoms with van der Waals surface area (Å²) in [4.78, 5) is 0. The largest absolute Gasteiger partial charge is 0.0616 e. The molecular formula is C47H32. The van der Waals surface area contributed by atoms with Crippen molar-refractivity contribution >= 4 is 53.9 Å². The zero-order chi connectivity index (χ0) is 31.3. The highest BCUT2D eigenvalue weighted by Gasteiger charge is 2.36. The van der Waals surface area contributed by atoms with Crippen LogP contribution in [0.3, 0.4) is 0 Å².